The van der Waals surface area contributed by atoms with Crippen LogP contribution in [0.25, 0.3) is 6.08 Å². The zero-order valence-electron chi connectivity index (χ0n) is 16.2. The van der Waals surface area contributed by atoms with Crippen LogP contribution in [0.5, 0.6) is 0 Å². The van der Waals surface area contributed by atoms with Gasteiger partial charge in [-0.2, -0.15) is 0 Å². The number of hydrogen-bond acceptors (Lipinski definition) is 3. The Hall–Kier alpha value is -2.88. The molecular formula is C23H26O4. The molecule has 0 aliphatic rings. The lowest BCUT2D eigenvalue weighted by Crippen LogP contribution is -2.14. The van der Waals surface area contributed by atoms with E-state index in [9.17, 15) is 14.7 Å². The van der Waals surface area contributed by atoms with Crippen molar-refractivity contribution in [2.24, 2.45) is 5.41 Å². The van der Waals surface area contributed by atoms with Gasteiger partial charge < -0.3 is 9.84 Å². The average Bonchev–Trinajstić information content (AvgIpc) is 2.64. The highest BCUT2D eigenvalue weighted by Gasteiger charge is 2.20. The van der Waals surface area contributed by atoms with E-state index >= 15 is 0 Å². The van der Waals surface area contributed by atoms with Crippen LogP contribution in [-0.4, -0.2) is 24.2 Å². The number of rotatable bonds is 6. The highest BCUT2D eigenvalue weighted by Crippen LogP contribution is 2.24. The van der Waals surface area contributed by atoms with E-state index in [1.807, 2.05) is 30.3 Å². The normalized spacial score (nSPS) is 12.7. The summed E-state index contributed by atoms with van der Waals surface area (Å²) in [6, 6.07) is 14.4. The quantitative estimate of drug-likeness (QED) is 0.735. The van der Waals surface area contributed by atoms with Crippen molar-refractivity contribution in [2.75, 3.05) is 7.11 Å². The van der Waals surface area contributed by atoms with Gasteiger partial charge in [-0.05, 0) is 40.7 Å². The summed E-state index contributed by atoms with van der Waals surface area (Å²) in [5.41, 5.74) is 3.20. The minimum atomic E-state index is -0.870. The van der Waals surface area contributed by atoms with Crippen LogP contribution >= 0.6 is 0 Å². The first-order chi connectivity index (χ1) is 12.7. The van der Waals surface area contributed by atoms with Crippen LogP contribution in [0.2, 0.25) is 0 Å². The Morgan fingerprint density at radius 1 is 1.04 bits per heavy atom. The molecule has 1 N–H and O–H groups in total. The minimum Gasteiger partial charge on any atom is -0.481 e. The SMILES string of the molecule is COC(=O)c1ccc(C[C@H](C(=O)O)c2ccc(C=CC(C)(C)C)cc2)cc1. The molecule has 0 unspecified atom stereocenters. The van der Waals surface area contributed by atoms with Gasteiger partial charge in [-0.1, -0.05) is 69.3 Å². The predicted octanol–water partition coefficient (Wildman–Crippen LogP) is 4.94. The summed E-state index contributed by atoms with van der Waals surface area (Å²) in [5.74, 6) is -1.92. The van der Waals surface area contributed by atoms with Gasteiger partial charge in [0.15, 0.2) is 0 Å². The number of carbonyl (C=O) groups is 2. The van der Waals surface area contributed by atoms with Crippen molar-refractivity contribution in [3.8, 4) is 0 Å². The second-order valence-electron chi connectivity index (χ2n) is 7.65. The van der Waals surface area contributed by atoms with E-state index in [0.29, 0.717) is 12.0 Å². The molecular weight excluding hydrogens is 340 g/mol. The second-order valence-corrected chi connectivity index (χ2v) is 7.65. The third kappa shape index (κ3) is 6.10. The van der Waals surface area contributed by atoms with Crippen molar-refractivity contribution < 1.29 is 19.4 Å². The molecule has 1 atom stereocenters. The Kier molecular flexibility index (Phi) is 6.56. The van der Waals surface area contributed by atoms with Gasteiger partial charge in [0.2, 0.25) is 0 Å². The smallest absolute Gasteiger partial charge is 0.337 e. The Bertz CT molecular complexity index is 809. The van der Waals surface area contributed by atoms with Gasteiger partial charge >= 0.3 is 11.9 Å². The number of aliphatic carboxylic acids is 1. The van der Waals surface area contributed by atoms with Crippen molar-refractivity contribution in [2.45, 2.75) is 33.1 Å². The number of carboxylic acid groups (broad SMARTS) is 1. The van der Waals surface area contributed by atoms with Crippen LogP contribution in [0.3, 0.4) is 0 Å². The molecule has 2 aromatic rings. The molecule has 0 heterocycles. The Morgan fingerprint density at radius 2 is 1.63 bits per heavy atom. The molecule has 4 nitrogen and oxygen atoms in total. The molecule has 0 saturated heterocycles. The van der Waals surface area contributed by atoms with Gasteiger partial charge in [0.05, 0.1) is 18.6 Å². The molecule has 0 aliphatic carbocycles. The highest BCUT2D eigenvalue weighted by atomic mass is 16.5. The number of methoxy groups -OCH3 is 1. The molecule has 2 rings (SSSR count). The zero-order valence-corrected chi connectivity index (χ0v) is 16.2. The molecule has 0 aromatic heterocycles. The molecule has 27 heavy (non-hydrogen) atoms. The largest absolute Gasteiger partial charge is 0.481 e. The van der Waals surface area contributed by atoms with Gasteiger partial charge in [0.25, 0.3) is 0 Å². The van der Waals surface area contributed by atoms with Crippen molar-refractivity contribution in [1.29, 1.82) is 0 Å². The summed E-state index contributed by atoms with van der Waals surface area (Å²) in [6.07, 6.45) is 4.53. The highest BCUT2D eigenvalue weighted by molar-refractivity contribution is 5.89. The van der Waals surface area contributed by atoms with E-state index in [1.165, 1.54) is 7.11 Å². The number of ether oxygens (including phenoxy) is 1. The van der Waals surface area contributed by atoms with Crippen LogP contribution in [0.1, 0.15) is 53.7 Å². The summed E-state index contributed by atoms with van der Waals surface area (Å²) in [4.78, 5) is 23.3. The molecule has 0 bridgehead atoms. The molecule has 0 amide bonds. The zero-order chi connectivity index (χ0) is 20.0. The molecule has 4 heteroatoms. The fraction of sp³-hybridized carbons (Fsp3) is 0.304. The third-order valence-electron chi connectivity index (χ3n) is 4.23. The van der Waals surface area contributed by atoms with Gasteiger partial charge in [0.1, 0.15) is 0 Å². The lowest BCUT2D eigenvalue weighted by atomic mass is 9.90. The number of carbonyl (C=O) groups excluding carboxylic acids is 1. The van der Waals surface area contributed by atoms with E-state index in [-0.39, 0.29) is 5.41 Å². The lowest BCUT2D eigenvalue weighted by Gasteiger charge is -2.14. The number of hydrogen-bond donors (Lipinski definition) is 1. The van der Waals surface area contributed by atoms with E-state index in [0.717, 1.165) is 16.7 Å². The van der Waals surface area contributed by atoms with Crippen LogP contribution < -0.4 is 0 Å². The van der Waals surface area contributed by atoms with Crippen molar-refractivity contribution in [3.63, 3.8) is 0 Å². The number of allylic oxidation sites excluding steroid dienone is 1. The lowest BCUT2D eigenvalue weighted by molar-refractivity contribution is -0.138. The van der Waals surface area contributed by atoms with Crippen LogP contribution in [0.4, 0.5) is 0 Å². The summed E-state index contributed by atoms with van der Waals surface area (Å²) >= 11 is 0. The maximum Gasteiger partial charge on any atom is 0.337 e. The first-order valence-electron chi connectivity index (χ1n) is 8.89. The van der Waals surface area contributed by atoms with Crippen molar-refractivity contribution in [3.05, 3.63) is 76.9 Å². The molecule has 0 aliphatic heterocycles. The summed E-state index contributed by atoms with van der Waals surface area (Å²) in [6.45, 7) is 6.39. The molecule has 0 fully saturated rings. The van der Waals surface area contributed by atoms with E-state index in [1.54, 1.807) is 24.3 Å². The first-order valence-corrected chi connectivity index (χ1v) is 8.89. The molecule has 0 saturated carbocycles. The topological polar surface area (TPSA) is 63.6 Å². The van der Waals surface area contributed by atoms with Gasteiger partial charge in [-0.25, -0.2) is 4.79 Å². The minimum absolute atomic E-state index is 0.0959. The third-order valence-corrected chi connectivity index (χ3v) is 4.23. The van der Waals surface area contributed by atoms with E-state index in [2.05, 4.69) is 31.6 Å². The van der Waals surface area contributed by atoms with Gasteiger partial charge in [-0.3, -0.25) is 4.79 Å². The average molecular weight is 366 g/mol. The Balaban J connectivity index is 2.16. The fourth-order valence-corrected chi connectivity index (χ4v) is 2.66. The molecule has 142 valence electrons. The van der Waals surface area contributed by atoms with Gasteiger partial charge in [0, 0.05) is 0 Å². The first kappa shape index (κ1) is 20.4. The maximum absolute atomic E-state index is 11.8. The number of esters is 1. The second kappa shape index (κ2) is 8.67. The standard InChI is InChI=1S/C23H26O4/c1-23(2,3)14-13-16-5-9-18(10-6-16)20(21(24)25)15-17-7-11-19(12-8-17)22(26)27-4/h5-14,20H,15H2,1-4H3,(H,24,25)/t20-/m0/s1. The summed E-state index contributed by atoms with van der Waals surface area (Å²) in [7, 11) is 1.33. The van der Waals surface area contributed by atoms with Crippen molar-refractivity contribution in [1.82, 2.24) is 0 Å². The summed E-state index contributed by atoms with van der Waals surface area (Å²) in [5, 5.41) is 9.66. The molecule has 0 spiro atoms. The maximum atomic E-state index is 11.8. The van der Waals surface area contributed by atoms with Crippen LogP contribution in [-0.2, 0) is 16.0 Å². The predicted molar refractivity (Wildman–Crippen MR) is 107 cm³/mol. The Morgan fingerprint density at radius 3 is 2.11 bits per heavy atom. The van der Waals surface area contributed by atoms with Crippen LogP contribution in [0.15, 0.2) is 54.6 Å². The summed E-state index contributed by atoms with van der Waals surface area (Å²) < 4.78 is 4.68. The fourth-order valence-electron chi connectivity index (χ4n) is 2.66. The van der Waals surface area contributed by atoms with Gasteiger partial charge in [-0.15, -0.1) is 0 Å². The van der Waals surface area contributed by atoms with E-state index < -0.39 is 17.9 Å². The van der Waals surface area contributed by atoms with Crippen LogP contribution in [0, 0.1) is 5.41 Å². The Labute approximate surface area is 160 Å². The number of carboxylic acids is 1. The number of benzene rings is 2. The molecule has 0 radical (unpaired) electrons. The van der Waals surface area contributed by atoms with Crippen molar-refractivity contribution >= 4 is 18.0 Å². The molecule has 2 aromatic carbocycles. The van der Waals surface area contributed by atoms with E-state index in [4.69, 9.17) is 0 Å². The monoisotopic (exact) mass is 366 g/mol.